The van der Waals surface area contributed by atoms with Gasteiger partial charge >= 0.3 is 6.18 Å². The Labute approximate surface area is 177 Å². The van der Waals surface area contributed by atoms with Gasteiger partial charge in [0.2, 0.25) is 0 Å². The van der Waals surface area contributed by atoms with Crippen molar-refractivity contribution in [2.45, 2.75) is 32.7 Å². The number of anilines is 1. The molecule has 0 aliphatic carbocycles. The minimum atomic E-state index is -4.50. The molecule has 0 N–H and O–H groups in total. The Bertz CT molecular complexity index is 1140. The second-order valence-corrected chi connectivity index (χ2v) is 7.57. The Hall–Kier alpha value is -3.20. The quantitative estimate of drug-likeness (QED) is 0.605. The number of hydrogen-bond acceptors (Lipinski definition) is 4. The molecular formula is C22H21F3N4O2. The fraction of sp³-hybridized carbons (Fsp3) is 0.318. The number of aromatic nitrogens is 3. The molecule has 6 nitrogen and oxygen atoms in total. The summed E-state index contributed by atoms with van der Waals surface area (Å²) < 4.78 is 46.7. The Morgan fingerprint density at radius 2 is 2.00 bits per heavy atom. The van der Waals surface area contributed by atoms with Crippen molar-refractivity contribution >= 4 is 11.6 Å². The first-order chi connectivity index (χ1) is 14.7. The maximum Gasteiger partial charge on any atom is 0.416 e. The van der Waals surface area contributed by atoms with Gasteiger partial charge in [0.05, 0.1) is 24.4 Å². The highest BCUT2D eigenvalue weighted by atomic mass is 19.4. The van der Waals surface area contributed by atoms with Crippen molar-refractivity contribution < 1.29 is 22.7 Å². The van der Waals surface area contributed by atoms with E-state index in [1.165, 1.54) is 24.1 Å². The third-order valence-corrected chi connectivity index (χ3v) is 5.32. The molecule has 0 radical (unpaired) electrons. The lowest BCUT2D eigenvalue weighted by atomic mass is 10.0. The largest absolute Gasteiger partial charge is 0.416 e. The molecule has 1 aromatic carbocycles. The van der Waals surface area contributed by atoms with Crippen LogP contribution in [0, 0.1) is 6.92 Å². The van der Waals surface area contributed by atoms with Crippen molar-refractivity contribution in [3.8, 4) is 11.1 Å². The highest BCUT2D eigenvalue weighted by Gasteiger charge is 2.36. The predicted octanol–water partition coefficient (Wildman–Crippen LogP) is 4.64. The van der Waals surface area contributed by atoms with E-state index in [4.69, 9.17) is 4.74 Å². The van der Waals surface area contributed by atoms with Crippen molar-refractivity contribution in [1.82, 2.24) is 14.8 Å². The molecule has 31 heavy (non-hydrogen) atoms. The van der Waals surface area contributed by atoms with Crippen LogP contribution in [-0.4, -0.2) is 34.3 Å². The third-order valence-electron chi connectivity index (χ3n) is 5.32. The van der Waals surface area contributed by atoms with Gasteiger partial charge < -0.3 is 9.64 Å². The molecule has 0 fully saturated rings. The van der Waals surface area contributed by atoms with E-state index in [0.717, 1.165) is 17.3 Å². The monoisotopic (exact) mass is 430 g/mol. The summed E-state index contributed by atoms with van der Waals surface area (Å²) >= 11 is 0. The fourth-order valence-electron chi connectivity index (χ4n) is 3.91. The number of hydrogen-bond donors (Lipinski definition) is 0. The minimum Gasteiger partial charge on any atom is -0.380 e. The number of ether oxygens (including phenoxy) is 1. The standard InChI is InChI=1S/C22H21F3N4O2/c1-13-8-15(6-7-26-13)18-10-27-29-14(2)11-28(21(30)20(18)29)17-4-5-19(22(23,24)25)16(9-17)12-31-3/h4-10,14H,11-12H2,1-3H3/t14-/m0/s1. The van der Waals surface area contributed by atoms with Gasteiger partial charge in [-0.3, -0.25) is 14.5 Å². The topological polar surface area (TPSA) is 60.2 Å². The third kappa shape index (κ3) is 3.81. The number of halogens is 3. The molecule has 1 aliphatic heterocycles. The van der Waals surface area contributed by atoms with Crippen LogP contribution in [-0.2, 0) is 17.5 Å². The van der Waals surface area contributed by atoms with Crippen LogP contribution in [0.1, 0.15) is 40.3 Å². The normalized spacial score (nSPS) is 16.5. The van der Waals surface area contributed by atoms with Crippen molar-refractivity contribution in [2.24, 2.45) is 0 Å². The lowest BCUT2D eigenvalue weighted by Crippen LogP contribution is -2.43. The van der Waals surface area contributed by atoms with Crippen LogP contribution in [0.3, 0.4) is 0 Å². The molecular weight excluding hydrogens is 409 g/mol. The highest BCUT2D eigenvalue weighted by Crippen LogP contribution is 2.37. The Kier molecular flexibility index (Phi) is 5.30. The van der Waals surface area contributed by atoms with Gasteiger partial charge in [-0.15, -0.1) is 0 Å². The molecule has 2 aromatic heterocycles. The van der Waals surface area contributed by atoms with Gasteiger partial charge in [0.15, 0.2) is 0 Å². The smallest absolute Gasteiger partial charge is 0.380 e. The summed E-state index contributed by atoms with van der Waals surface area (Å²) in [5, 5.41) is 4.40. The zero-order valence-electron chi connectivity index (χ0n) is 17.3. The van der Waals surface area contributed by atoms with Gasteiger partial charge in [0, 0.05) is 36.8 Å². The SMILES string of the molecule is COCc1cc(N2C[C@H](C)n3ncc(-c4ccnc(C)c4)c3C2=O)ccc1C(F)(F)F. The molecule has 3 heterocycles. The molecule has 4 rings (SSSR count). The van der Waals surface area contributed by atoms with Crippen LogP contribution in [0.25, 0.3) is 11.1 Å². The number of carbonyl (C=O) groups is 1. The van der Waals surface area contributed by atoms with Gasteiger partial charge in [0.25, 0.3) is 5.91 Å². The number of aryl methyl sites for hydroxylation is 1. The molecule has 0 spiro atoms. The summed E-state index contributed by atoms with van der Waals surface area (Å²) in [6.07, 6.45) is -1.20. The molecule has 0 unspecified atom stereocenters. The molecule has 1 amide bonds. The maximum atomic E-state index is 13.4. The summed E-state index contributed by atoms with van der Waals surface area (Å²) in [4.78, 5) is 19.1. The highest BCUT2D eigenvalue weighted by molar-refractivity contribution is 6.09. The first-order valence-corrected chi connectivity index (χ1v) is 9.72. The number of fused-ring (bicyclic) bond motifs is 1. The average Bonchev–Trinajstić information content (AvgIpc) is 3.16. The van der Waals surface area contributed by atoms with Crippen molar-refractivity contribution in [3.05, 3.63) is 65.2 Å². The van der Waals surface area contributed by atoms with Crippen LogP contribution in [0.2, 0.25) is 0 Å². The lowest BCUT2D eigenvalue weighted by molar-refractivity contribution is -0.138. The Balaban J connectivity index is 1.78. The Morgan fingerprint density at radius 1 is 1.23 bits per heavy atom. The molecule has 0 saturated carbocycles. The van der Waals surface area contributed by atoms with E-state index in [2.05, 4.69) is 10.1 Å². The molecule has 162 valence electrons. The number of alkyl halides is 3. The summed E-state index contributed by atoms with van der Waals surface area (Å²) in [5.74, 6) is -0.316. The fourth-order valence-corrected chi connectivity index (χ4v) is 3.91. The van der Waals surface area contributed by atoms with E-state index in [-0.39, 0.29) is 24.1 Å². The van der Waals surface area contributed by atoms with E-state index in [1.54, 1.807) is 23.1 Å². The number of benzene rings is 1. The molecule has 0 saturated heterocycles. The maximum absolute atomic E-state index is 13.4. The molecule has 1 aliphatic rings. The van der Waals surface area contributed by atoms with Gasteiger partial charge in [-0.2, -0.15) is 18.3 Å². The first-order valence-electron chi connectivity index (χ1n) is 9.72. The zero-order valence-corrected chi connectivity index (χ0v) is 17.3. The zero-order chi connectivity index (χ0) is 22.3. The van der Waals surface area contributed by atoms with Gasteiger partial charge in [-0.1, -0.05) is 0 Å². The molecule has 1 atom stereocenters. The van der Waals surface area contributed by atoms with Crippen molar-refractivity contribution in [1.29, 1.82) is 0 Å². The second-order valence-electron chi connectivity index (χ2n) is 7.57. The number of amides is 1. The van der Waals surface area contributed by atoms with E-state index < -0.39 is 11.7 Å². The minimum absolute atomic E-state index is 0.0167. The molecule has 3 aromatic rings. The second kappa shape index (κ2) is 7.81. The summed E-state index contributed by atoms with van der Waals surface area (Å²) in [7, 11) is 1.34. The summed E-state index contributed by atoms with van der Waals surface area (Å²) in [5.41, 5.74) is 2.28. The van der Waals surface area contributed by atoms with E-state index in [9.17, 15) is 18.0 Å². The number of pyridine rings is 1. The van der Waals surface area contributed by atoms with Crippen LogP contribution in [0.5, 0.6) is 0 Å². The van der Waals surface area contributed by atoms with Gasteiger partial charge in [0.1, 0.15) is 5.69 Å². The van der Waals surface area contributed by atoms with E-state index in [0.29, 0.717) is 23.5 Å². The molecule has 9 heteroatoms. The summed E-state index contributed by atoms with van der Waals surface area (Å²) in [6, 6.07) is 7.21. The summed E-state index contributed by atoms with van der Waals surface area (Å²) in [6.45, 7) is 3.85. The number of nitrogens with zero attached hydrogens (tertiary/aromatic N) is 4. The van der Waals surface area contributed by atoms with Gasteiger partial charge in [-0.25, -0.2) is 0 Å². The van der Waals surface area contributed by atoms with Crippen molar-refractivity contribution in [2.75, 3.05) is 18.6 Å². The van der Waals surface area contributed by atoms with Crippen LogP contribution >= 0.6 is 0 Å². The Morgan fingerprint density at radius 3 is 2.68 bits per heavy atom. The predicted molar refractivity (Wildman–Crippen MR) is 109 cm³/mol. The van der Waals surface area contributed by atoms with E-state index in [1.807, 2.05) is 19.9 Å². The average molecular weight is 430 g/mol. The van der Waals surface area contributed by atoms with Gasteiger partial charge in [-0.05, 0) is 55.3 Å². The van der Waals surface area contributed by atoms with E-state index >= 15 is 0 Å². The van der Waals surface area contributed by atoms with Crippen LogP contribution in [0.15, 0.2) is 42.7 Å². The molecule has 0 bridgehead atoms. The number of carbonyl (C=O) groups excluding carboxylic acids is 1. The van der Waals surface area contributed by atoms with Crippen molar-refractivity contribution in [3.63, 3.8) is 0 Å². The lowest BCUT2D eigenvalue weighted by Gasteiger charge is -2.33. The number of rotatable bonds is 4. The first kappa shape index (κ1) is 21.0. The number of methoxy groups -OCH3 is 1. The van der Waals surface area contributed by atoms with Crippen LogP contribution < -0.4 is 4.90 Å². The van der Waals surface area contributed by atoms with Crippen LogP contribution in [0.4, 0.5) is 18.9 Å².